The molecule has 0 radical (unpaired) electrons. The van der Waals surface area contributed by atoms with Gasteiger partial charge in [-0.25, -0.2) is 4.79 Å². The fourth-order valence-corrected chi connectivity index (χ4v) is 9.30. The maximum absolute atomic E-state index is 14.4. The van der Waals surface area contributed by atoms with Crippen LogP contribution >= 0.6 is 0 Å². The number of hydrogen-bond acceptors (Lipinski definition) is 2. The number of hydrogen-bond donors (Lipinski definition) is 0. The van der Waals surface area contributed by atoms with E-state index in [9.17, 15) is 4.79 Å². The van der Waals surface area contributed by atoms with Crippen molar-refractivity contribution >= 4 is 55.2 Å². The maximum atomic E-state index is 14.4. The normalized spacial score (nSPS) is 16.1. The third-order valence-electron chi connectivity index (χ3n) is 11.3. The molecule has 0 unspecified atom stereocenters. The number of allylic oxidation sites excluding steroid dienone is 2. The van der Waals surface area contributed by atoms with Crippen molar-refractivity contribution in [2.75, 3.05) is 0 Å². The molecule has 0 aliphatic heterocycles. The lowest BCUT2D eigenvalue weighted by Crippen LogP contribution is -2.44. The number of rotatable bonds is 5. The quantitative estimate of drug-likeness (QED) is 0.172. The Bertz CT molecular complexity index is 2550. The molecule has 0 N–H and O–H groups in total. The van der Waals surface area contributed by atoms with Gasteiger partial charge in [0.05, 0.1) is 27.6 Å². The molecule has 0 bridgehead atoms. The van der Waals surface area contributed by atoms with Crippen LogP contribution < -0.4 is 0 Å². The fourth-order valence-electron chi connectivity index (χ4n) is 9.30. The van der Waals surface area contributed by atoms with Crippen LogP contribution in [0.5, 0.6) is 0 Å². The first-order valence-corrected chi connectivity index (χ1v) is 17.7. The van der Waals surface area contributed by atoms with Crippen LogP contribution in [0.15, 0.2) is 169 Å². The molecule has 4 nitrogen and oxygen atoms in total. The number of ether oxygens (including phenoxy) is 1. The Kier molecular flexibility index (Phi) is 6.38. The van der Waals surface area contributed by atoms with Crippen molar-refractivity contribution in [3.63, 3.8) is 0 Å². The van der Waals surface area contributed by atoms with Gasteiger partial charge in [-0.05, 0) is 46.5 Å². The van der Waals surface area contributed by atoms with Crippen LogP contribution in [-0.4, -0.2) is 15.1 Å². The number of esters is 1. The predicted octanol–water partition coefficient (Wildman–Crippen LogP) is 10.9. The molecule has 10 rings (SSSR count). The van der Waals surface area contributed by atoms with E-state index in [4.69, 9.17) is 4.74 Å². The number of benzene rings is 6. The van der Waals surface area contributed by atoms with Crippen LogP contribution in [0.3, 0.4) is 0 Å². The Hall–Kier alpha value is -6.13. The monoisotopic (exact) mass is 660 g/mol. The van der Waals surface area contributed by atoms with Gasteiger partial charge in [0.15, 0.2) is 5.66 Å². The summed E-state index contributed by atoms with van der Waals surface area (Å²) in [4.78, 5) is 14.4. The lowest BCUT2D eigenvalue weighted by molar-refractivity contribution is -0.140. The molecular formula is C47H36N2O2. The number of para-hydroxylation sites is 4. The van der Waals surface area contributed by atoms with Gasteiger partial charge in [-0.2, -0.15) is 0 Å². The smallest absolute Gasteiger partial charge is 0.338 e. The third kappa shape index (κ3) is 4.05. The molecule has 8 aromatic rings. The molecule has 2 aliphatic carbocycles. The first-order chi connectivity index (χ1) is 25.0. The molecule has 0 saturated heterocycles. The highest BCUT2D eigenvalue weighted by Gasteiger charge is 2.54. The van der Waals surface area contributed by atoms with Gasteiger partial charge in [-0.15, -0.1) is 0 Å². The van der Waals surface area contributed by atoms with Crippen molar-refractivity contribution in [1.82, 2.24) is 9.13 Å². The number of fused-ring (bicyclic) bond motifs is 8. The summed E-state index contributed by atoms with van der Waals surface area (Å²) in [6, 6.07) is 53.8. The molecule has 4 heteroatoms. The minimum atomic E-state index is -0.798. The van der Waals surface area contributed by atoms with Gasteiger partial charge < -0.3 is 13.9 Å². The summed E-state index contributed by atoms with van der Waals surface area (Å²) in [5.41, 5.74) is 9.50. The zero-order valence-corrected chi connectivity index (χ0v) is 28.6. The van der Waals surface area contributed by atoms with Gasteiger partial charge in [-0.1, -0.05) is 147 Å². The number of carbonyl (C=O) groups is 1. The van der Waals surface area contributed by atoms with Crippen LogP contribution in [0.25, 0.3) is 49.2 Å². The van der Waals surface area contributed by atoms with Crippen LogP contribution in [0.1, 0.15) is 37.0 Å². The molecular weight excluding hydrogens is 625 g/mol. The molecule has 51 heavy (non-hydrogen) atoms. The van der Waals surface area contributed by atoms with Crippen molar-refractivity contribution in [3.05, 3.63) is 186 Å². The summed E-state index contributed by atoms with van der Waals surface area (Å²) >= 11 is 0. The first kappa shape index (κ1) is 29.8. The molecule has 0 atom stereocenters. The summed E-state index contributed by atoms with van der Waals surface area (Å²) < 4.78 is 11.3. The molecule has 2 aromatic heterocycles. The second-order valence-corrected chi connectivity index (χ2v) is 14.4. The van der Waals surface area contributed by atoms with E-state index in [2.05, 4.69) is 150 Å². The zero-order chi connectivity index (χ0) is 34.3. The average Bonchev–Trinajstić information content (AvgIpc) is 3.79. The zero-order valence-electron chi connectivity index (χ0n) is 28.6. The molecule has 0 saturated carbocycles. The second kappa shape index (κ2) is 10.9. The lowest BCUT2D eigenvalue weighted by atomic mass is 9.73. The van der Waals surface area contributed by atoms with Crippen molar-refractivity contribution < 1.29 is 9.53 Å². The molecule has 2 heterocycles. The van der Waals surface area contributed by atoms with E-state index in [1.807, 2.05) is 30.3 Å². The minimum absolute atomic E-state index is 0.220. The lowest BCUT2D eigenvalue weighted by Gasteiger charge is -2.44. The molecule has 6 aromatic carbocycles. The summed E-state index contributed by atoms with van der Waals surface area (Å²) in [6.07, 6.45) is 2.71. The van der Waals surface area contributed by atoms with Gasteiger partial charge in [0.2, 0.25) is 0 Å². The summed E-state index contributed by atoms with van der Waals surface area (Å²) in [7, 11) is 0. The van der Waals surface area contributed by atoms with Crippen molar-refractivity contribution in [2.45, 2.75) is 38.0 Å². The Morgan fingerprint density at radius 1 is 0.569 bits per heavy atom. The van der Waals surface area contributed by atoms with E-state index >= 15 is 0 Å². The summed E-state index contributed by atoms with van der Waals surface area (Å²) in [6.45, 7) is 4.75. The molecule has 0 amide bonds. The van der Waals surface area contributed by atoms with Crippen LogP contribution in [0.2, 0.25) is 0 Å². The van der Waals surface area contributed by atoms with Gasteiger partial charge in [0.25, 0.3) is 0 Å². The molecule has 2 aliphatic rings. The summed E-state index contributed by atoms with van der Waals surface area (Å²) in [5.74, 6) is -0.287. The molecule has 246 valence electrons. The van der Waals surface area contributed by atoms with Gasteiger partial charge in [0.1, 0.15) is 6.61 Å². The van der Waals surface area contributed by atoms with Gasteiger partial charge >= 0.3 is 5.97 Å². The van der Waals surface area contributed by atoms with Crippen LogP contribution in [0, 0.1) is 0 Å². The Morgan fingerprint density at radius 3 is 1.55 bits per heavy atom. The van der Waals surface area contributed by atoms with Gasteiger partial charge in [0, 0.05) is 39.0 Å². The largest absolute Gasteiger partial charge is 0.457 e. The van der Waals surface area contributed by atoms with Crippen LogP contribution in [0.4, 0.5) is 0 Å². The Balaban J connectivity index is 1.36. The molecule has 0 spiro atoms. The number of aromatic nitrogens is 2. The topological polar surface area (TPSA) is 36.2 Å². The molecule has 0 fully saturated rings. The van der Waals surface area contributed by atoms with Crippen molar-refractivity contribution in [3.8, 4) is 0 Å². The average molecular weight is 661 g/mol. The van der Waals surface area contributed by atoms with Crippen LogP contribution in [-0.2, 0) is 27.2 Å². The van der Waals surface area contributed by atoms with Gasteiger partial charge in [-0.3, -0.25) is 0 Å². The highest BCUT2D eigenvalue weighted by atomic mass is 16.5. The maximum Gasteiger partial charge on any atom is 0.338 e. The summed E-state index contributed by atoms with van der Waals surface area (Å²) in [5, 5.41) is 4.83. The van der Waals surface area contributed by atoms with E-state index in [-0.39, 0.29) is 12.6 Å². The first-order valence-electron chi connectivity index (χ1n) is 17.7. The van der Waals surface area contributed by atoms with E-state index < -0.39 is 11.1 Å². The second-order valence-electron chi connectivity index (χ2n) is 14.4. The number of nitrogens with zero attached hydrogens (tertiary/aromatic N) is 2. The predicted molar refractivity (Wildman–Crippen MR) is 208 cm³/mol. The SMILES string of the molecule is CC1(C)C2=C(c3ccccc31)C(n1c3ccccc3c3ccccc31)(n1c3ccccc3c3ccccc31)CC=C2C(=O)OCc1ccccc1. The minimum Gasteiger partial charge on any atom is -0.457 e. The van der Waals surface area contributed by atoms with E-state index in [1.54, 1.807) is 0 Å². The van der Waals surface area contributed by atoms with Crippen molar-refractivity contribution in [1.29, 1.82) is 0 Å². The van der Waals surface area contributed by atoms with E-state index in [1.165, 1.54) is 32.7 Å². The Labute approximate surface area is 296 Å². The fraction of sp³-hybridized carbons (Fsp3) is 0.128. The highest BCUT2D eigenvalue weighted by Crippen LogP contribution is 2.60. The van der Waals surface area contributed by atoms with E-state index in [0.29, 0.717) is 12.0 Å². The van der Waals surface area contributed by atoms with E-state index in [0.717, 1.165) is 38.8 Å². The number of carbonyl (C=O) groups excluding carboxylic acids is 1. The third-order valence-corrected chi connectivity index (χ3v) is 11.3. The standard InChI is InChI=1S/C47H36N2O2/c1-46(2)38-23-11-6-22-36(38)44-43(46)37(45(50)51-30-31-16-4-3-5-17-31)28-29-47(44,48-39-24-12-7-18-32(39)33-19-8-13-25-40(33)48)49-41-26-14-9-20-34(41)35-21-10-15-27-42(35)49/h3-28H,29-30H2,1-2H3. The highest BCUT2D eigenvalue weighted by molar-refractivity contribution is 6.13. The Morgan fingerprint density at radius 2 is 1.02 bits per heavy atom. The van der Waals surface area contributed by atoms with Crippen molar-refractivity contribution in [2.24, 2.45) is 0 Å².